The van der Waals surface area contributed by atoms with Crippen LogP contribution < -0.4 is 0 Å². The van der Waals surface area contributed by atoms with Crippen molar-refractivity contribution in [1.82, 2.24) is 4.90 Å². The van der Waals surface area contributed by atoms with E-state index in [1.807, 2.05) is 19.1 Å². The minimum absolute atomic E-state index is 0.0784. The number of nitrogens with zero attached hydrogens (tertiary/aromatic N) is 1. The number of carbonyl (C=O) groups excluding carboxylic acids is 1. The van der Waals surface area contributed by atoms with E-state index >= 15 is 0 Å². The summed E-state index contributed by atoms with van der Waals surface area (Å²) in [5, 5.41) is 9.84. The number of aryl methyl sites for hydroxylation is 1. The molecule has 1 amide bonds. The highest BCUT2D eigenvalue weighted by molar-refractivity contribution is 5.90. The fourth-order valence-electron chi connectivity index (χ4n) is 5.07. The molecule has 2 aliphatic heterocycles. The molecule has 0 radical (unpaired) electrons. The van der Waals surface area contributed by atoms with Gasteiger partial charge in [0.05, 0.1) is 17.4 Å². The molecule has 0 saturated carbocycles. The van der Waals surface area contributed by atoms with Crippen molar-refractivity contribution in [2.75, 3.05) is 26.3 Å². The van der Waals surface area contributed by atoms with Crippen LogP contribution in [0.25, 0.3) is 0 Å². The molecule has 1 unspecified atom stereocenters. The summed E-state index contributed by atoms with van der Waals surface area (Å²) in [5.74, 6) is -0.815. The van der Waals surface area contributed by atoms with Crippen molar-refractivity contribution in [3.8, 4) is 0 Å². The number of ether oxygens (including phenoxy) is 1. The van der Waals surface area contributed by atoms with Crippen LogP contribution in [0, 0.1) is 11.3 Å². The number of hydrogen-bond donors (Lipinski definition) is 1. The van der Waals surface area contributed by atoms with Gasteiger partial charge in [-0.15, -0.1) is 0 Å². The zero-order chi connectivity index (χ0) is 17.7. The average molecular weight is 343 g/mol. The first-order chi connectivity index (χ1) is 12.0. The molecule has 0 spiro atoms. The normalized spacial score (nSPS) is 34.3. The van der Waals surface area contributed by atoms with Gasteiger partial charge in [0, 0.05) is 25.6 Å². The molecule has 5 nitrogen and oxygen atoms in total. The number of carboxylic acids is 1. The van der Waals surface area contributed by atoms with Crippen LogP contribution in [-0.4, -0.2) is 48.2 Å². The minimum Gasteiger partial charge on any atom is -0.481 e. The van der Waals surface area contributed by atoms with Crippen LogP contribution in [0.4, 0.5) is 0 Å². The Balaban J connectivity index is 1.65. The summed E-state index contributed by atoms with van der Waals surface area (Å²) in [7, 11) is 0. The molecule has 0 aromatic heterocycles. The van der Waals surface area contributed by atoms with Gasteiger partial charge in [-0.1, -0.05) is 24.3 Å². The first-order valence-corrected chi connectivity index (χ1v) is 9.16. The second-order valence-corrected chi connectivity index (χ2v) is 8.01. The molecular weight excluding hydrogens is 318 g/mol. The number of hydrogen-bond acceptors (Lipinski definition) is 3. The third kappa shape index (κ3) is 2.40. The number of benzene rings is 1. The first kappa shape index (κ1) is 16.6. The zero-order valence-corrected chi connectivity index (χ0v) is 14.7. The lowest BCUT2D eigenvalue weighted by Gasteiger charge is -2.38. The van der Waals surface area contributed by atoms with Gasteiger partial charge >= 0.3 is 5.97 Å². The second kappa shape index (κ2) is 5.84. The molecule has 0 bridgehead atoms. The Hall–Kier alpha value is -1.88. The summed E-state index contributed by atoms with van der Waals surface area (Å²) in [6, 6.07) is 8.18. The molecule has 1 aromatic rings. The average Bonchev–Trinajstić information content (AvgIpc) is 3.02. The lowest BCUT2D eigenvalue weighted by Crippen LogP contribution is -2.48. The summed E-state index contributed by atoms with van der Waals surface area (Å²) in [6.45, 7) is 3.73. The van der Waals surface area contributed by atoms with E-state index < -0.39 is 16.8 Å². The Morgan fingerprint density at radius 2 is 2.08 bits per heavy atom. The van der Waals surface area contributed by atoms with Gasteiger partial charge in [-0.25, -0.2) is 0 Å². The molecule has 3 aliphatic rings. The zero-order valence-electron chi connectivity index (χ0n) is 14.7. The van der Waals surface area contributed by atoms with Crippen molar-refractivity contribution >= 4 is 11.9 Å². The Bertz CT molecular complexity index is 717. The molecule has 1 N–H and O–H groups in total. The quantitative estimate of drug-likeness (QED) is 0.894. The lowest BCUT2D eigenvalue weighted by atomic mass is 9.70. The van der Waals surface area contributed by atoms with E-state index in [1.54, 1.807) is 4.90 Å². The smallest absolute Gasteiger partial charge is 0.311 e. The van der Waals surface area contributed by atoms with Gasteiger partial charge in [0.15, 0.2) is 0 Å². The summed E-state index contributed by atoms with van der Waals surface area (Å²) < 4.78 is 5.51. The number of rotatable bonds is 2. The Labute approximate surface area is 148 Å². The molecule has 2 fully saturated rings. The number of amides is 1. The van der Waals surface area contributed by atoms with Crippen molar-refractivity contribution in [2.45, 2.75) is 38.0 Å². The Morgan fingerprint density at radius 3 is 2.84 bits per heavy atom. The molecular formula is C20H25NO4. The monoisotopic (exact) mass is 343 g/mol. The highest BCUT2D eigenvalue weighted by atomic mass is 16.5. The Kier molecular flexibility index (Phi) is 3.87. The number of aliphatic carboxylic acids is 1. The summed E-state index contributed by atoms with van der Waals surface area (Å²) in [6.07, 6.45) is 3.31. The topological polar surface area (TPSA) is 66.8 Å². The molecule has 2 saturated heterocycles. The van der Waals surface area contributed by atoms with E-state index in [2.05, 4.69) is 12.1 Å². The van der Waals surface area contributed by atoms with E-state index in [-0.39, 0.29) is 11.8 Å². The van der Waals surface area contributed by atoms with Crippen LogP contribution in [0.3, 0.4) is 0 Å². The van der Waals surface area contributed by atoms with Gasteiger partial charge in [-0.05, 0) is 43.7 Å². The standard InChI is InChI=1S/C20H25NO4/c1-19(8-4-6-14-5-2-3-7-16(14)19)17(22)21-11-15-12-25-10-9-20(15,13-21)18(23)24/h2-3,5,7,15H,4,6,8-13H2,1H3,(H,23,24)/t15-,19?,20+/m0/s1. The van der Waals surface area contributed by atoms with E-state index in [4.69, 9.17) is 4.74 Å². The van der Waals surface area contributed by atoms with Crippen molar-refractivity contribution in [2.24, 2.45) is 11.3 Å². The van der Waals surface area contributed by atoms with Crippen molar-refractivity contribution in [1.29, 1.82) is 0 Å². The first-order valence-electron chi connectivity index (χ1n) is 9.16. The van der Waals surface area contributed by atoms with Crippen LogP contribution in [0.2, 0.25) is 0 Å². The highest BCUT2D eigenvalue weighted by Gasteiger charge is 2.56. The predicted octanol–water partition coefficient (Wildman–Crippen LogP) is 2.23. The number of likely N-dealkylation sites (tertiary alicyclic amines) is 1. The molecule has 25 heavy (non-hydrogen) atoms. The predicted molar refractivity (Wildman–Crippen MR) is 92.3 cm³/mol. The van der Waals surface area contributed by atoms with Gasteiger partial charge in [0.2, 0.25) is 5.91 Å². The number of carboxylic acid groups (broad SMARTS) is 1. The van der Waals surface area contributed by atoms with Crippen molar-refractivity contribution in [3.05, 3.63) is 35.4 Å². The molecule has 4 rings (SSSR count). The van der Waals surface area contributed by atoms with Crippen LogP contribution in [0.15, 0.2) is 24.3 Å². The molecule has 2 heterocycles. The summed E-state index contributed by atoms with van der Waals surface area (Å²) in [5.41, 5.74) is 0.973. The van der Waals surface area contributed by atoms with Crippen molar-refractivity contribution in [3.63, 3.8) is 0 Å². The lowest BCUT2D eigenvalue weighted by molar-refractivity contribution is -0.157. The third-order valence-corrected chi connectivity index (χ3v) is 6.63. The van der Waals surface area contributed by atoms with Gasteiger partial charge in [-0.2, -0.15) is 0 Å². The SMILES string of the molecule is CC1(C(=O)N2C[C@H]3COCC[C@@]3(C(=O)O)C2)CCCc2ccccc21. The number of fused-ring (bicyclic) bond motifs is 2. The van der Waals surface area contributed by atoms with Gasteiger partial charge < -0.3 is 14.7 Å². The molecule has 5 heteroatoms. The maximum Gasteiger partial charge on any atom is 0.311 e. The molecule has 1 aromatic carbocycles. The van der Waals surface area contributed by atoms with Crippen LogP contribution in [0.1, 0.15) is 37.3 Å². The van der Waals surface area contributed by atoms with Crippen LogP contribution in [-0.2, 0) is 26.2 Å². The third-order valence-electron chi connectivity index (χ3n) is 6.63. The van der Waals surface area contributed by atoms with Gasteiger partial charge in [-0.3, -0.25) is 9.59 Å². The molecule has 134 valence electrons. The maximum atomic E-state index is 13.5. The summed E-state index contributed by atoms with van der Waals surface area (Å²) in [4.78, 5) is 27.3. The largest absolute Gasteiger partial charge is 0.481 e. The minimum atomic E-state index is -0.835. The second-order valence-electron chi connectivity index (χ2n) is 8.01. The van der Waals surface area contributed by atoms with E-state index in [9.17, 15) is 14.7 Å². The van der Waals surface area contributed by atoms with Gasteiger partial charge in [0.25, 0.3) is 0 Å². The van der Waals surface area contributed by atoms with Crippen LogP contribution in [0.5, 0.6) is 0 Å². The van der Waals surface area contributed by atoms with Crippen LogP contribution >= 0.6 is 0 Å². The van der Waals surface area contributed by atoms with E-state index in [0.29, 0.717) is 32.7 Å². The Morgan fingerprint density at radius 1 is 1.28 bits per heavy atom. The molecule has 1 aliphatic carbocycles. The van der Waals surface area contributed by atoms with Crippen molar-refractivity contribution < 1.29 is 19.4 Å². The maximum absolute atomic E-state index is 13.5. The summed E-state index contributed by atoms with van der Waals surface area (Å²) >= 11 is 0. The highest BCUT2D eigenvalue weighted by Crippen LogP contribution is 2.45. The van der Waals surface area contributed by atoms with E-state index in [0.717, 1.165) is 24.8 Å². The fraction of sp³-hybridized carbons (Fsp3) is 0.600. The van der Waals surface area contributed by atoms with Gasteiger partial charge in [0.1, 0.15) is 0 Å². The number of carbonyl (C=O) groups is 2. The fourth-order valence-corrected chi connectivity index (χ4v) is 5.07. The molecule has 3 atom stereocenters. The van der Waals surface area contributed by atoms with E-state index in [1.165, 1.54) is 5.56 Å².